The third-order valence-corrected chi connectivity index (χ3v) is 2.91. The molecule has 82 valence electrons. The lowest BCUT2D eigenvalue weighted by Crippen LogP contribution is -1.87. The first-order chi connectivity index (χ1) is 7.75. The summed E-state index contributed by atoms with van der Waals surface area (Å²) in [5.74, 6) is 2.16. The second-order valence-electron chi connectivity index (χ2n) is 3.94. The minimum absolute atomic E-state index is 0.451. The number of benzene rings is 1. The van der Waals surface area contributed by atoms with Crippen LogP contribution in [0.5, 0.6) is 5.75 Å². The first kappa shape index (κ1) is 9.27. The number of hydrogen-bond acceptors (Lipinski definition) is 4. The van der Waals surface area contributed by atoms with Crippen molar-refractivity contribution in [2.75, 3.05) is 12.3 Å². The lowest BCUT2D eigenvalue weighted by atomic mass is 10.0. The highest BCUT2D eigenvalue weighted by atomic mass is 16.5. The Morgan fingerprint density at radius 2 is 2.25 bits per heavy atom. The van der Waals surface area contributed by atoms with Crippen molar-refractivity contribution in [3.05, 3.63) is 29.3 Å². The second kappa shape index (κ2) is 3.27. The molecule has 3 rings (SSSR count). The number of hydrogen-bond donors (Lipinski definition) is 1. The largest absolute Gasteiger partial charge is 0.493 e. The number of nitrogens with zero attached hydrogens (tertiary/aromatic N) is 1. The summed E-state index contributed by atoms with van der Waals surface area (Å²) in [7, 11) is 0. The lowest BCUT2D eigenvalue weighted by molar-refractivity contribution is 0.357. The molecule has 0 amide bonds. The molecule has 0 radical (unpaired) electrons. The fourth-order valence-corrected chi connectivity index (χ4v) is 1.95. The topological polar surface area (TPSA) is 61.3 Å². The number of fused-ring (bicyclic) bond motifs is 1. The smallest absolute Gasteiger partial charge is 0.171 e. The van der Waals surface area contributed by atoms with E-state index >= 15 is 0 Å². The summed E-state index contributed by atoms with van der Waals surface area (Å²) >= 11 is 0. The van der Waals surface area contributed by atoms with Gasteiger partial charge in [-0.05, 0) is 30.7 Å². The molecule has 0 spiro atoms. The summed E-state index contributed by atoms with van der Waals surface area (Å²) in [5.41, 5.74) is 8.77. The van der Waals surface area contributed by atoms with Crippen LogP contribution in [0.2, 0.25) is 0 Å². The van der Waals surface area contributed by atoms with E-state index in [1.54, 1.807) is 0 Å². The van der Waals surface area contributed by atoms with Crippen molar-refractivity contribution in [1.29, 1.82) is 0 Å². The van der Waals surface area contributed by atoms with Gasteiger partial charge in [0, 0.05) is 17.5 Å². The molecule has 0 saturated heterocycles. The zero-order valence-electron chi connectivity index (χ0n) is 8.99. The van der Waals surface area contributed by atoms with Crippen molar-refractivity contribution in [3.63, 3.8) is 0 Å². The van der Waals surface area contributed by atoms with Crippen LogP contribution in [0, 0.1) is 6.92 Å². The third kappa shape index (κ3) is 1.26. The molecule has 2 N–H and O–H groups in total. The van der Waals surface area contributed by atoms with Gasteiger partial charge in [0.2, 0.25) is 0 Å². The number of aromatic nitrogens is 1. The monoisotopic (exact) mass is 216 g/mol. The van der Waals surface area contributed by atoms with Gasteiger partial charge >= 0.3 is 0 Å². The Labute approximate surface area is 93.0 Å². The van der Waals surface area contributed by atoms with Gasteiger partial charge in [0.1, 0.15) is 5.75 Å². The number of ether oxygens (including phenoxy) is 1. The molecule has 16 heavy (non-hydrogen) atoms. The van der Waals surface area contributed by atoms with Crippen LogP contribution in [-0.4, -0.2) is 11.8 Å². The average molecular weight is 216 g/mol. The summed E-state index contributed by atoms with van der Waals surface area (Å²) in [6, 6.07) is 6.02. The van der Waals surface area contributed by atoms with Gasteiger partial charge in [0.25, 0.3) is 0 Å². The molecular formula is C12H12N2O2. The van der Waals surface area contributed by atoms with Crippen LogP contribution in [0.15, 0.2) is 22.7 Å². The van der Waals surface area contributed by atoms with Crippen LogP contribution in [0.25, 0.3) is 11.3 Å². The van der Waals surface area contributed by atoms with Crippen molar-refractivity contribution >= 4 is 5.82 Å². The van der Waals surface area contributed by atoms with Crippen molar-refractivity contribution in [1.82, 2.24) is 5.16 Å². The van der Waals surface area contributed by atoms with Crippen molar-refractivity contribution in [3.8, 4) is 17.1 Å². The van der Waals surface area contributed by atoms with Crippen molar-refractivity contribution < 1.29 is 9.26 Å². The van der Waals surface area contributed by atoms with Gasteiger partial charge < -0.3 is 15.0 Å². The maximum Gasteiger partial charge on any atom is 0.171 e. The van der Waals surface area contributed by atoms with E-state index in [1.807, 2.05) is 19.1 Å². The first-order valence-electron chi connectivity index (χ1n) is 5.23. The van der Waals surface area contributed by atoms with E-state index in [0.717, 1.165) is 35.7 Å². The summed E-state index contributed by atoms with van der Waals surface area (Å²) in [4.78, 5) is 0. The number of nitrogen functional groups attached to an aromatic ring is 1. The normalized spacial score (nSPS) is 13.6. The Balaban J connectivity index is 2.10. The zero-order valence-corrected chi connectivity index (χ0v) is 8.99. The molecular weight excluding hydrogens is 204 g/mol. The molecule has 0 bridgehead atoms. The zero-order chi connectivity index (χ0) is 11.1. The number of anilines is 1. The third-order valence-electron chi connectivity index (χ3n) is 2.91. The van der Waals surface area contributed by atoms with Crippen LogP contribution < -0.4 is 10.5 Å². The maximum absolute atomic E-state index is 5.66. The summed E-state index contributed by atoms with van der Waals surface area (Å²) in [5, 5.41) is 3.76. The molecule has 1 aromatic heterocycles. The Morgan fingerprint density at radius 1 is 1.38 bits per heavy atom. The molecule has 0 fully saturated rings. The molecule has 0 unspecified atom stereocenters. The van der Waals surface area contributed by atoms with Gasteiger partial charge in [-0.3, -0.25) is 0 Å². The summed E-state index contributed by atoms with van der Waals surface area (Å²) < 4.78 is 10.7. The molecule has 2 aromatic rings. The minimum Gasteiger partial charge on any atom is -0.493 e. The summed E-state index contributed by atoms with van der Waals surface area (Å²) in [6.45, 7) is 2.67. The lowest BCUT2D eigenvalue weighted by Gasteiger charge is -2.01. The van der Waals surface area contributed by atoms with Crippen LogP contribution in [0.1, 0.15) is 11.1 Å². The van der Waals surface area contributed by atoms with Gasteiger partial charge in [-0.15, -0.1) is 0 Å². The predicted molar refractivity (Wildman–Crippen MR) is 60.3 cm³/mol. The van der Waals surface area contributed by atoms with E-state index < -0.39 is 0 Å². The van der Waals surface area contributed by atoms with Gasteiger partial charge in [-0.25, -0.2) is 0 Å². The highest BCUT2D eigenvalue weighted by Gasteiger charge is 2.16. The van der Waals surface area contributed by atoms with Crippen LogP contribution >= 0.6 is 0 Å². The fourth-order valence-electron chi connectivity index (χ4n) is 1.95. The highest BCUT2D eigenvalue weighted by Crippen LogP contribution is 2.33. The molecule has 0 saturated carbocycles. The SMILES string of the molecule is Cc1c(N)noc1-c1ccc2c(c1)CCO2. The van der Waals surface area contributed by atoms with E-state index in [0.29, 0.717) is 5.82 Å². The van der Waals surface area contributed by atoms with Crippen molar-refractivity contribution in [2.24, 2.45) is 0 Å². The Bertz CT molecular complexity index is 546. The van der Waals surface area contributed by atoms with E-state index in [1.165, 1.54) is 5.56 Å². The van der Waals surface area contributed by atoms with Crippen LogP contribution in [0.4, 0.5) is 5.82 Å². The number of rotatable bonds is 1. The Hall–Kier alpha value is -1.97. The van der Waals surface area contributed by atoms with Gasteiger partial charge in [0.05, 0.1) is 6.61 Å². The fraction of sp³-hybridized carbons (Fsp3) is 0.250. The number of nitrogens with two attached hydrogens (primary N) is 1. The molecule has 1 aromatic carbocycles. The minimum atomic E-state index is 0.451. The molecule has 0 atom stereocenters. The van der Waals surface area contributed by atoms with E-state index in [-0.39, 0.29) is 0 Å². The van der Waals surface area contributed by atoms with Gasteiger partial charge in [0.15, 0.2) is 11.6 Å². The standard InChI is InChI=1S/C12H12N2O2/c1-7-11(16-14-12(7)13)9-2-3-10-8(6-9)4-5-15-10/h2-3,6H,4-5H2,1H3,(H2,13,14). The van der Waals surface area contributed by atoms with Crippen molar-refractivity contribution in [2.45, 2.75) is 13.3 Å². The molecule has 4 heteroatoms. The predicted octanol–water partition coefficient (Wildman–Crippen LogP) is 2.17. The maximum atomic E-state index is 5.66. The van der Waals surface area contributed by atoms with E-state index in [2.05, 4.69) is 11.2 Å². The Morgan fingerprint density at radius 3 is 3.00 bits per heavy atom. The van der Waals surface area contributed by atoms with Crippen LogP contribution in [-0.2, 0) is 6.42 Å². The van der Waals surface area contributed by atoms with Gasteiger partial charge in [-0.1, -0.05) is 5.16 Å². The van der Waals surface area contributed by atoms with E-state index in [4.69, 9.17) is 15.0 Å². The molecule has 1 aliphatic rings. The molecule has 1 aliphatic heterocycles. The first-order valence-corrected chi connectivity index (χ1v) is 5.23. The second-order valence-corrected chi connectivity index (χ2v) is 3.94. The molecule has 2 heterocycles. The molecule has 0 aliphatic carbocycles. The van der Waals surface area contributed by atoms with Crippen LogP contribution in [0.3, 0.4) is 0 Å². The summed E-state index contributed by atoms with van der Waals surface area (Å²) in [6.07, 6.45) is 0.950. The quantitative estimate of drug-likeness (QED) is 0.793. The van der Waals surface area contributed by atoms with Gasteiger partial charge in [-0.2, -0.15) is 0 Å². The highest BCUT2D eigenvalue weighted by molar-refractivity contribution is 5.67. The average Bonchev–Trinajstić information content (AvgIpc) is 2.86. The Kier molecular flexibility index (Phi) is 1.89. The van der Waals surface area contributed by atoms with E-state index in [9.17, 15) is 0 Å². The molecule has 4 nitrogen and oxygen atoms in total.